The third kappa shape index (κ3) is 4.16. The zero-order valence-corrected chi connectivity index (χ0v) is 10.4. The van der Waals surface area contributed by atoms with Crippen molar-refractivity contribution in [3.05, 3.63) is 24.0 Å². The molecule has 0 amide bonds. The van der Waals surface area contributed by atoms with Gasteiger partial charge >= 0.3 is 0 Å². The van der Waals surface area contributed by atoms with E-state index >= 15 is 0 Å². The Balaban J connectivity index is 2.58. The zero-order chi connectivity index (χ0) is 11.8. The lowest BCUT2D eigenvalue weighted by Crippen LogP contribution is -2.22. The second kappa shape index (κ2) is 7.19. The summed E-state index contributed by atoms with van der Waals surface area (Å²) in [7, 11) is 3.78. The number of hydrogen-bond acceptors (Lipinski definition) is 4. The Morgan fingerprint density at radius 2 is 2.31 bits per heavy atom. The first-order valence-electron chi connectivity index (χ1n) is 5.63. The molecule has 1 aromatic rings. The number of anilines is 1. The molecule has 1 heterocycles. The van der Waals surface area contributed by atoms with Crippen molar-refractivity contribution < 1.29 is 4.74 Å². The summed E-state index contributed by atoms with van der Waals surface area (Å²) in [5.41, 5.74) is 2.25. The van der Waals surface area contributed by atoms with Gasteiger partial charge in [-0.2, -0.15) is 0 Å². The molecular formula is C12H21N3O. The zero-order valence-electron chi connectivity index (χ0n) is 10.4. The van der Waals surface area contributed by atoms with Crippen molar-refractivity contribution in [3.63, 3.8) is 0 Å². The van der Waals surface area contributed by atoms with Crippen molar-refractivity contribution in [2.75, 3.05) is 38.8 Å². The Morgan fingerprint density at radius 3 is 3.00 bits per heavy atom. The van der Waals surface area contributed by atoms with Crippen LogP contribution < -0.4 is 10.2 Å². The van der Waals surface area contributed by atoms with E-state index in [9.17, 15) is 0 Å². The van der Waals surface area contributed by atoms with Gasteiger partial charge in [-0.05, 0) is 18.7 Å². The van der Waals surface area contributed by atoms with E-state index in [1.54, 1.807) is 7.11 Å². The van der Waals surface area contributed by atoms with Gasteiger partial charge < -0.3 is 15.0 Å². The maximum atomic E-state index is 5.06. The van der Waals surface area contributed by atoms with Crippen LogP contribution in [0.15, 0.2) is 18.3 Å². The molecule has 1 rings (SSSR count). The molecule has 0 aliphatic carbocycles. The fraction of sp³-hybridized carbons (Fsp3) is 0.583. The smallest absolute Gasteiger partial charge is 0.0637 e. The molecule has 0 radical (unpaired) electrons. The average molecular weight is 223 g/mol. The number of nitrogens with zero attached hydrogens (tertiary/aromatic N) is 2. The minimum atomic E-state index is 0.737. The van der Waals surface area contributed by atoms with Gasteiger partial charge in [0.15, 0.2) is 0 Å². The van der Waals surface area contributed by atoms with Crippen LogP contribution in [-0.4, -0.2) is 38.8 Å². The van der Waals surface area contributed by atoms with Gasteiger partial charge in [-0.1, -0.05) is 6.92 Å². The molecule has 0 unspecified atom stereocenters. The van der Waals surface area contributed by atoms with Crippen LogP contribution in [0.5, 0.6) is 0 Å². The molecule has 0 bridgehead atoms. The standard InChI is InChI=1S/C12H21N3O/c1-4-13-10-11-9-12(5-6-14-11)15(2)7-8-16-3/h5-6,9,13H,4,7-8,10H2,1-3H3. The number of likely N-dealkylation sites (N-methyl/N-ethyl adjacent to an activating group) is 1. The topological polar surface area (TPSA) is 37.4 Å². The molecule has 90 valence electrons. The first kappa shape index (κ1) is 12.9. The van der Waals surface area contributed by atoms with Crippen LogP contribution in [0.4, 0.5) is 5.69 Å². The van der Waals surface area contributed by atoms with Gasteiger partial charge in [-0.25, -0.2) is 0 Å². The fourth-order valence-electron chi connectivity index (χ4n) is 1.41. The van der Waals surface area contributed by atoms with E-state index in [4.69, 9.17) is 4.74 Å². The molecule has 0 saturated carbocycles. The van der Waals surface area contributed by atoms with Crippen LogP contribution in [0, 0.1) is 0 Å². The summed E-state index contributed by atoms with van der Waals surface area (Å²) >= 11 is 0. The van der Waals surface area contributed by atoms with Gasteiger partial charge in [0, 0.05) is 39.1 Å². The molecule has 0 fully saturated rings. The summed E-state index contributed by atoms with van der Waals surface area (Å²) in [5.74, 6) is 0. The molecule has 16 heavy (non-hydrogen) atoms. The average Bonchev–Trinajstić information content (AvgIpc) is 2.33. The summed E-state index contributed by atoms with van der Waals surface area (Å²) in [6.45, 7) is 5.50. The maximum absolute atomic E-state index is 5.06. The Bertz CT molecular complexity index is 304. The van der Waals surface area contributed by atoms with Crippen LogP contribution in [0.3, 0.4) is 0 Å². The van der Waals surface area contributed by atoms with Crippen LogP contribution in [0.25, 0.3) is 0 Å². The van der Waals surface area contributed by atoms with E-state index in [0.717, 1.165) is 31.9 Å². The van der Waals surface area contributed by atoms with E-state index in [1.165, 1.54) is 5.69 Å². The van der Waals surface area contributed by atoms with Crippen LogP contribution in [-0.2, 0) is 11.3 Å². The lowest BCUT2D eigenvalue weighted by molar-refractivity contribution is 0.206. The summed E-state index contributed by atoms with van der Waals surface area (Å²) in [6.07, 6.45) is 1.85. The van der Waals surface area contributed by atoms with Crippen molar-refractivity contribution in [2.45, 2.75) is 13.5 Å². The molecule has 0 atom stereocenters. The third-order valence-electron chi connectivity index (χ3n) is 2.43. The SMILES string of the molecule is CCNCc1cc(N(C)CCOC)ccn1. The highest BCUT2D eigenvalue weighted by molar-refractivity contribution is 5.45. The van der Waals surface area contributed by atoms with Crippen molar-refractivity contribution >= 4 is 5.69 Å². The molecular weight excluding hydrogens is 202 g/mol. The van der Waals surface area contributed by atoms with Crippen LogP contribution in [0.2, 0.25) is 0 Å². The van der Waals surface area contributed by atoms with E-state index in [1.807, 2.05) is 12.3 Å². The molecule has 1 aromatic heterocycles. The molecule has 0 saturated heterocycles. The Morgan fingerprint density at radius 1 is 1.50 bits per heavy atom. The number of nitrogens with one attached hydrogen (secondary N) is 1. The van der Waals surface area contributed by atoms with E-state index in [-0.39, 0.29) is 0 Å². The first-order valence-corrected chi connectivity index (χ1v) is 5.63. The molecule has 0 aliphatic rings. The highest BCUT2D eigenvalue weighted by Crippen LogP contribution is 2.12. The first-order chi connectivity index (χ1) is 7.77. The number of hydrogen-bond donors (Lipinski definition) is 1. The minimum absolute atomic E-state index is 0.737. The van der Waals surface area contributed by atoms with E-state index in [0.29, 0.717) is 0 Å². The lowest BCUT2D eigenvalue weighted by atomic mass is 10.3. The summed E-state index contributed by atoms with van der Waals surface area (Å²) in [4.78, 5) is 6.49. The molecule has 1 N–H and O–H groups in total. The van der Waals surface area contributed by atoms with Crippen molar-refractivity contribution in [1.82, 2.24) is 10.3 Å². The van der Waals surface area contributed by atoms with Crippen LogP contribution >= 0.6 is 0 Å². The van der Waals surface area contributed by atoms with Gasteiger partial charge in [-0.3, -0.25) is 4.98 Å². The summed E-state index contributed by atoms with van der Waals surface area (Å²) in [6, 6.07) is 4.13. The largest absolute Gasteiger partial charge is 0.383 e. The van der Waals surface area contributed by atoms with Crippen LogP contribution in [0.1, 0.15) is 12.6 Å². The summed E-state index contributed by atoms with van der Waals surface area (Å²) in [5, 5.41) is 3.27. The predicted molar refractivity (Wildman–Crippen MR) is 66.8 cm³/mol. The highest BCUT2D eigenvalue weighted by atomic mass is 16.5. The van der Waals surface area contributed by atoms with Gasteiger partial charge in [0.2, 0.25) is 0 Å². The molecule has 0 aliphatic heterocycles. The fourth-order valence-corrected chi connectivity index (χ4v) is 1.41. The van der Waals surface area contributed by atoms with Crippen molar-refractivity contribution in [2.24, 2.45) is 0 Å². The monoisotopic (exact) mass is 223 g/mol. The molecule has 4 nitrogen and oxygen atoms in total. The Labute approximate surface area is 97.6 Å². The molecule has 0 aromatic carbocycles. The quantitative estimate of drug-likeness (QED) is 0.755. The molecule has 4 heteroatoms. The minimum Gasteiger partial charge on any atom is -0.383 e. The van der Waals surface area contributed by atoms with Gasteiger partial charge in [-0.15, -0.1) is 0 Å². The van der Waals surface area contributed by atoms with Crippen molar-refractivity contribution in [1.29, 1.82) is 0 Å². The second-order valence-electron chi connectivity index (χ2n) is 3.70. The number of ether oxygens (including phenoxy) is 1. The Kier molecular flexibility index (Phi) is 5.82. The number of rotatable bonds is 7. The lowest BCUT2D eigenvalue weighted by Gasteiger charge is -2.19. The van der Waals surface area contributed by atoms with Crippen molar-refractivity contribution in [3.8, 4) is 0 Å². The number of pyridine rings is 1. The number of aromatic nitrogens is 1. The van der Waals surface area contributed by atoms with E-state index in [2.05, 4.69) is 35.2 Å². The van der Waals surface area contributed by atoms with Gasteiger partial charge in [0.1, 0.15) is 0 Å². The maximum Gasteiger partial charge on any atom is 0.0637 e. The number of methoxy groups -OCH3 is 1. The normalized spacial score (nSPS) is 10.4. The Hall–Kier alpha value is -1.13. The highest BCUT2D eigenvalue weighted by Gasteiger charge is 2.02. The van der Waals surface area contributed by atoms with Gasteiger partial charge in [0.25, 0.3) is 0 Å². The predicted octanol–water partition coefficient (Wildman–Crippen LogP) is 1.27. The molecule has 0 spiro atoms. The van der Waals surface area contributed by atoms with Gasteiger partial charge in [0.05, 0.1) is 12.3 Å². The second-order valence-corrected chi connectivity index (χ2v) is 3.70. The third-order valence-corrected chi connectivity index (χ3v) is 2.43. The van der Waals surface area contributed by atoms with E-state index < -0.39 is 0 Å². The summed E-state index contributed by atoms with van der Waals surface area (Å²) < 4.78 is 5.06.